The van der Waals surface area contributed by atoms with Crippen molar-refractivity contribution >= 4 is 35.3 Å². The molecule has 0 saturated heterocycles. The van der Waals surface area contributed by atoms with Gasteiger partial charge in [-0.15, -0.1) is 0 Å². The normalized spacial score (nSPS) is 18.2. The molecule has 0 radical (unpaired) electrons. The maximum absolute atomic E-state index is 8.73. The van der Waals surface area contributed by atoms with E-state index < -0.39 is 21.3 Å². The molecule has 2 aliphatic carbocycles. The monoisotopic (exact) mass is 831 g/mol. The summed E-state index contributed by atoms with van der Waals surface area (Å²) in [6, 6.07) is 27.3. The fourth-order valence-corrected chi connectivity index (χ4v) is 53.2. The number of halogens is 2. The number of allylic oxidation sites excluding steroid dienone is 2. The summed E-state index contributed by atoms with van der Waals surface area (Å²) < 4.78 is 0.264. The van der Waals surface area contributed by atoms with Crippen LogP contribution < -0.4 is 0 Å². The van der Waals surface area contributed by atoms with Gasteiger partial charge < -0.3 is 0 Å². The second-order valence-electron chi connectivity index (χ2n) is 14.3. The van der Waals surface area contributed by atoms with Crippen molar-refractivity contribution in [2.24, 2.45) is 0 Å². The van der Waals surface area contributed by atoms with Gasteiger partial charge in [0, 0.05) is 0 Å². The molecule has 0 aliphatic heterocycles. The van der Waals surface area contributed by atoms with Crippen molar-refractivity contribution < 1.29 is 15.3 Å². The summed E-state index contributed by atoms with van der Waals surface area (Å²) in [6.45, 7) is 18.5. The zero-order valence-corrected chi connectivity index (χ0v) is 35.2. The van der Waals surface area contributed by atoms with Gasteiger partial charge in [-0.05, 0) is 0 Å². The Bertz CT molecular complexity index is 1770. The molecule has 0 bridgehead atoms. The van der Waals surface area contributed by atoms with Gasteiger partial charge in [-0.2, -0.15) is 0 Å². The van der Waals surface area contributed by atoms with Gasteiger partial charge in [0.15, 0.2) is 0 Å². The summed E-state index contributed by atoms with van der Waals surface area (Å²) >= 11 is -4.98. The molecule has 0 nitrogen and oxygen atoms in total. The fourth-order valence-electron chi connectivity index (χ4n) is 8.63. The maximum atomic E-state index is 8.73. The van der Waals surface area contributed by atoms with E-state index in [1.54, 1.807) is 0 Å². The Kier molecular flexibility index (Phi) is 9.44. The number of fused-ring (bicyclic) bond motifs is 2. The van der Waals surface area contributed by atoms with Gasteiger partial charge in [0.1, 0.15) is 0 Å². The van der Waals surface area contributed by atoms with Crippen LogP contribution in [0.15, 0.2) is 83.9 Å². The van der Waals surface area contributed by atoms with Gasteiger partial charge in [-0.25, -0.2) is 0 Å². The van der Waals surface area contributed by atoms with Crippen molar-refractivity contribution in [3.63, 3.8) is 0 Å². The second-order valence-corrected chi connectivity index (χ2v) is 73.6. The van der Waals surface area contributed by atoms with E-state index in [0.717, 1.165) is 25.7 Å². The third-order valence-corrected chi connectivity index (χ3v) is 84.2. The van der Waals surface area contributed by atoms with Crippen LogP contribution in [-0.2, 0) is 15.3 Å². The summed E-state index contributed by atoms with van der Waals surface area (Å²) in [4.78, 5) is 0. The van der Waals surface area contributed by atoms with Crippen LogP contribution in [0, 0.1) is 27.7 Å². The van der Waals surface area contributed by atoms with Crippen molar-refractivity contribution in [2.75, 3.05) is 0 Å². The first-order chi connectivity index (χ1) is 21.9. The molecule has 2 aliphatic rings. The molecule has 4 aromatic rings. The van der Waals surface area contributed by atoms with E-state index in [1.165, 1.54) is 77.9 Å². The molecule has 6 rings (SSSR count). The zero-order chi connectivity index (χ0) is 33.0. The summed E-state index contributed by atoms with van der Waals surface area (Å²) in [7, 11) is 17.5. The Hall–Kier alpha value is -1.97. The Morgan fingerprint density at radius 3 is 1.30 bits per heavy atom. The van der Waals surface area contributed by atoms with Crippen molar-refractivity contribution in [2.45, 2.75) is 87.7 Å². The van der Waals surface area contributed by atoms with E-state index in [0.29, 0.717) is 0 Å². The fraction of sp³-hybridized carbons (Fsp3) is 0.333. The Labute approximate surface area is 286 Å². The molecule has 2 unspecified atom stereocenters. The first kappa shape index (κ1) is 33.9. The molecular formula is C42H49Cl2HfSi. The van der Waals surface area contributed by atoms with Crippen LogP contribution in [0.1, 0.15) is 91.4 Å². The van der Waals surface area contributed by atoms with E-state index in [1.807, 2.05) is 0 Å². The third-order valence-electron chi connectivity index (χ3n) is 11.4. The molecule has 2 atom stereocenters. The summed E-state index contributed by atoms with van der Waals surface area (Å²) in [5, 5.41) is 0. The molecule has 0 saturated carbocycles. The number of hydrogen-bond acceptors (Lipinski definition) is 0. The Morgan fingerprint density at radius 1 is 0.565 bits per heavy atom. The Balaban J connectivity index is 1.62. The zero-order valence-electron chi connectivity index (χ0n) is 28.9. The molecule has 4 heteroatoms. The molecule has 0 fully saturated rings. The van der Waals surface area contributed by atoms with Crippen LogP contribution in [0.4, 0.5) is 0 Å². The van der Waals surface area contributed by atoms with E-state index in [-0.39, 0.29) is 7.35 Å². The van der Waals surface area contributed by atoms with Crippen LogP contribution in [0.3, 0.4) is 0 Å². The van der Waals surface area contributed by atoms with Gasteiger partial charge in [0.05, 0.1) is 0 Å². The molecule has 0 aromatic heterocycles. The molecule has 0 amide bonds. The first-order valence-corrected chi connectivity index (χ1v) is 39.5. The summed E-state index contributed by atoms with van der Waals surface area (Å²) in [5.74, 6) is -1.61. The number of aryl methyl sites for hydroxylation is 2. The molecule has 0 N–H and O–H groups in total. The van der Waals surface area contributed by atoms with Crippen LogP contribution in [0.2, 0.25) is 13.1 Å². The standard InChI is InChI=1S/2C20H21.C2H7Si.2ClH.Hf/c2*1-4-7-16-12-17-9-6-11-19(20(17)13-16)18-10-5-8-14(2)15(18)3;1-3-2;;;/h2*5-6,8-13H,4,7H2,1-3H3;3H,1-2H3;2*1H;/q;;;;;+2/p-2. The van der Waals surface area contributed by atoms with Crippen LogP contribution in [0.25, 0.3) is 34.4 Å². The number of rotatable bonds is 9. The van der Waals surface area contributed by atoms with Crippen LogP contribution in [-0.4, -0.2) is 5.98 Å². The van der Waals surface area contributed by atoms with Crippen molar-refractivity contribution in [3.05, 3.63) is 128 Å². The van der Waals surface area contributed by atoms with Crippen molar-refractivity contribution in [1.29, 1.82) is 0 Å². The minimum atomic E-state index is -4.98. The SMILES string of the molecule is CCCC1=Cc2c(-c3cccc(C)c3C)cccc2[CH]1[Hf]([Cl])([Cl])([CH]1C(CCC)=Cc2c(-c3cccc(C)c3C)cccc21)[SiH](C)C. The van der Waals surface area contributed by atoms with Crippen LogP contribution in [0.5, 0.6) is 0 Å². The van der Waals surface area contributed by atoms with E-state index in [4.69, 9.17) is 17.2 Å². The average molecular weight is 831 g/mol. The van der Waals surface area contributed by atoms with Gasteiger partial charge in [0.2, 0.25) is 0 Å². The second kappa shape index (κ2) is 12.8. The molecular weight excluding hydrogens is 782 g/mol. The first-order valence-electron chi connectivity index (χ1n) is 17.3. The van der Waals surface area contributed by atoms with Crippen molar-refractivity contribution in [3.8, 4) is 22.3 Å². The number of benzene rings is 4. The van der Waals surface area contributed by atoms with Gasteiger partial charge >= 0.3 is 289 Å². The summed E-state index contributed by atoms with van der Waals surface area (Å²) in [5.41, 5.74) is 19.1. The van der Waals surface area contributed by atoms with Crippen LogP contribution >= 0.6 is 17.2 Å². The van der Waals surface area contributed by atoms with Gasteiger partial charge in [0.25, 0.3) is 0 Å². The van der Waals surface area contributed by atoms with Crippen molar-refractivity contribution in [1.82, 2.24) is 0 Å². The summed E-state index contributed by atoms with van der Waals surface area (Å²) in [6.07, 6.45) is 9.28. The Morgan fingerprint density at radius 2 is 0.935 bits per heavy atom. The quantitative estimate of drug-likeness (QED) is 0.147. The number of hydrogen-bond donors (Lipinski definition) is 0. The topological polar surface area (TPSA) is 0 Å². The molecule has 0 heterocycles. The molecule has 239 valence electrons. The molecule has 4 aromatic carbocycles. The van der Waals surface area contributed by atoms with E-state index >= 15 is 0 Å². The predicted octanol–water partition coefficient (Wildman–Crippen LogP) is 13.4. The van der Waals surface area contributed by atoms with E-state index in [9.17, 15) is 0 Å². The average Bonchev–Trinajstić information content (AvgIpc) is 3.60. The van der Waals surface area contributed by atoms with E-state index in [2.05, 4.69) is 140 Å². The van der Waals surface area contributed by atoms with Gasteiger partial charge in [-0.1, -0.05) is 0 Å². The predicted molar refractivity (Wildman–Crippen MR) is 205 cm³/mol. The molecule has 46 heavy (non-hydrogen) atoms. The third kappa shape index (κ3) is 5.25. The van der Waals surface area contributed by atoms with Gasteiger partial charge in [-0.3, -0.25) is 0 Å². The molecule has 0 spiro atoms. The minimum absolute atomic E-state index is 0.132.